The van der Waals surface area contributed by atoms with Gasteiger partial charge in [0.1, 0.15) is 5.75 Å². The normalized spacial score (nSPS) is 14.1. The first-order valence-corrected chi connectivity index (χ1v) is 8.94. The van der Waals surface area contributed by atoms with Crippen LogP contribution in [-0.2, 0) is 13.0 Å². The molecule has 1 fully saturated rings. The molecule has 1 heterocycles. The first-order chi connectivity index (χ1) is 12.3. The van der Waals surface area contributed by atoms with Gasteiger partial charge in [0.2, 0.25) is 0 Å². The van der Waals surface area contributed by atoms with Crippen LogP contribution >= 0.6 is 24.0 Å². The van der Waals surface area contributed by atoms with Gasteiger partial charge in [0.25, 0.3) is 0 Å². The van der Waals surface area contributed by atoms with Gasteiger partial charge in [-0.05, 0) is 37.5 Å². The summed E-state index contributed by atoms with van der Waals surface area (Å²) in [7, 11) is 1.78. The Morgan fingerprint density at radius 2 is 1.96 bits per heavy atom. The summed E-state index contributed by atoms with van der Waals surface area (Å²) in [5, 5.41) is 6.69. The maximum absolute atomic E-state index is 6.08. The van der Waals surface area contributed by atoms with E-state index in [4.69, 9.17) is 4.74 Å². The molecule has 140 valence electrons. The molecular weight excluding hydrogens is 439 g/mol. The highest BCUT2D eigenvalue weighted by Gasteiger charge is 2.20. The molecule has 1 aliphatic carbocycles. The zero-order valence-corrected chi connectivity index (χ0v) is 17.5. The zero-order valence-electron chi connectivity index (χ0n) is 15.1. The maximum atomic E-state index is 6.08. The van der Waals surface area contributed by atoms with E-state index in [2.05, 4.69) is 26.7 Å². The van der Waals surface area contributed by atoms with Crippen LogP contribution < -0.4 is 15.4 Å². The Hall–Kier alpha value is -1.83. The van der Waals surface area contributed by atoms with E-state index in [0.29, 0.717) is 12.6 Å². The fourth-order valence-corrected chi connectivity index (χ4v) is 2.69. The van der Waals surface area contributed by atoms with Crippen molar-refractivity contribution in [3.8, 4) is 5.75 Å². The summed E-state index contributed by atoms with van der Waals surface area (Å²) >= 11 is 0. The second-order valence-corrected chi connectivity index (χ2v) is 6.20. The van der Waals surface area contributed by atoms with E-state index in [1.807, 2.05) is 42.6 Å². The van der Waals surface area contributed by atoms with Gasteiger partial charge in [-0.2, -0.15) is 0 Å². The average Bonchev–Trinajstić information content (AvgIpc) is 2.63. The first-order valence-electron chi connectivity index (χ1n) is 8.94. The van der Waals surface area contributed by atoms with Crippen molar-refractivity contribution < 1.29 is 4.74 Å². The van der Waals surface area contributed by atoms with Crippen LogP contribution in [0.4, 0.5) is 0 Å². The van der Waals surface area contributed by atoms with Crippen LogP contribution in [-0.4, -0.2) is 30.6 Å². The summed E-state index contributed by atoms with van der Waals surface area (Å²) in [6.45, 7) is 1.48. The Bertz CT molecular complexity index is 689. The summed E-state index contributed by atoms with van der Waals surface area (Å²) in [4.78, 5) is 8.62. The van der Waals surface area contributed by atoms with Gasteiger partial charge >= 0.3 is 0 Å². The van der Waals surface area contributed by atoms with E-state index in [9.17, 15) is 0 Å². The molecule has 1 aliphatic rings. The predicted octanol–water partition coefficient (Wildman–Crippen LogP) is 3.54. The Kier molecular flexibility index (Phi) is 8.67. The molecule has 1 aromatic heterocycles. The number of aliphatic imine (C=N–C) groups is 1. The molecule has 6 heteroatoms. The van der Waals surface area contributed by atoms with Crippen molar-refractivity contribution in [2.75, 3.05) is 13.6 Å². The molecule has 5 nitrogen and oxygen atoms in total. The van der Waals surface area contributed by atoms with Crippen LogP contribution in [0.5, 0.6) is 5.75 Å². The topological polar surface area (TPSA) is 58.5 Å². The molecule has 0 atom stereocenters. The van der Waals surface area contributed by atoms with Crippen LogP contribution in [0, 0.1) is 0 Å². The SMILES string of the molecule is CN=C(NCCc1ccccn1)NCc1ccccc1OC1CCC1.I. The molecule has 0 bridgehead atoms. The molecule has 1 aromatic carbocycles. The van der Waals surface area contributed by atoms with Crippen LogP contribution in [0.1, 0.15) is 30.5 Å². The third kappa shape index (κ3) is 6.16. The fourth-order valence-electron chi connectivity index (χ4n) is 2.69. The number of halogens is 1. The van der Waals surface area contributed by atoms with E-state index in [1.54, 1.807) is 7.05 Å². The summed E-state index contributed by atoms with van der Waals surface area (Å²) in [6.07, 6.45) is 6.68. The second-order valence-electron chi connectivity index (χ2n) is 6.20. The lowest BCUT2D eigenvalue weighted by Crippen LogP contribution is -2.38. The number of pyridine rings is 1. The van der Waals surface area contributed by atoms with Gasteiger partial charge in [0, 0.05) is 44.0 Å². The lowest BCUT2D eigenvalue weighted by atomic mass is 9.96. The van der Waals surface area contributed by atoms with Gasteiger partial charge in [-0.1, -0.05) is 24.3 Å². The molecule has 0 saturated heterocycles. The number of nitrogens with one attached hydrogen (secondary N) is 2. The Morgan fingerprint density at radius 1 is 1.15 bits per heavy atom. The molecule has 2 aromatic rings. The lowest BCUT2D eigenvalue weighted by molar-refractivity contribution is 0.119. The van der Waals surface area contributed by atoms with Crippen molar-refractivity contribution in [1.82, 2.24) is 15.6 Å². The number of nitrogens with zero attached hydrogens (tertiary/aromatic N) is 2. The van der Waals surface area contributed by atoms with Gasteiger partial charge in [0.15, 0.2) is 5.96 Å². The summed E-state index contributed by atoms with van der Waals surface area (Å²) in [5.74, 6) is 1.76. The third-order valence-electron chi connectivity index (χ3n) is 4.39. The van der Waals surface area contributed by atoms with E-state index in [1.165, 1.54) is 19.3 Å². The van der Waals surface area contributed by atoms with Gasteiger partial charge in [-0.3, -0.25) is 9.98 Å². The van der Waals surface area contributed by atoms with E-state index < -0.39 is 0 Å². The van der Waals surface area contributed by atoms with Crippen molar-refractivity contribution in [2.24, 2.45) is 4.99 Å². The van der Waals surface area contributed by atoms with E-state index in [0.717, 1.165) is 35.9 Å². The van der Waals surface area contributed by atoms with Crippen molar-refractivity contribution >= 4 is 29.9 Å². The molecule has 26 heavy (non-hydrogen) atoms. The van der Waals surface area contributed by atoms with Gasteiger partial charge in [0.05, 0.1) is 6.10 Å². The van der Waals surface area contributed by atoms with Gasteiger partial charge in [-0.25, -0.2) is 0 Å². The Balaban J connectivity index is 0.00000243. The average molecular weight is 466 g/mol. The Morgan fingerprint density at radius 3 is 2.65 bits per heavy atom. The number of rotatable bonds is 7. The quantitative estimate of drug-likeness (QED) is 0.373. The third-order valence-corrected chi connectivity index (χ3v) is 4.39. The fraction of sp³-hybridized carbons (Fsp3) is 0.400. The van der Waals surface area contributed by atoms with Crippen LogP contribution in [0.2, 0.25) is 0 Å². The monoisotopic (exact) mass is 466 g/mol. The molecule has 3 rings (SSSR count). The molecule has 0 unspecified atom stereocenters. The highest BCUT2D eigenvalue weighted by Crippen LogP contribution is 2.27. The number of hydrogen-bond donors (Lipinski definition) is 2. The van der Waals surface area contributed by atoms with E-state index >= 15 is 0 Å². The van der Waals surface area contributed by atoms with Crippen molar-refractivity contribution in [3.05, 3.63) is 59.9 Å². The molecule has 0 spiro atoms. The molecule has 0 radical (unpaired) electrons. The zero-order chi connectivity index (χ0) is 17.3. The van der Waals surface area contributed by atoms with Crippen LogP contribution in [0.15, 0.2) is 53.7 Å². The number of benzene rings is 1. The standard InChI is InChI=1S/C20H26N4O.HI/c1-21-20(23-14-12-17-8-4-5-13-22-17)24-15-16-7-2-3-11-19(16)25-18-9-6-10-18;/h2-5,7-8,11,13,18H,6,9-10,12,14-15H2,1H3,(H2,21,23,24);1H. The molecule has 2 N–H and O–H groups in total. The highest BCUT2D eigenvalue weighted by atomic mass is 127. The molecular formula is C20H27IN4O. The lowest BCUT2D eigenvalue weighted by Gasteiger charge is -2.27. The summed E-state index contributed by atoms with van der Waals surface area (Å²) in [5.41, 5.74) is 2.23. The smallest absolute Gasteiger partial charge is 0.191 e. The molecule has 1 saturated carbocycles. The minimum Gasteiger partial charge on any atom is -0.490 e. The van der Waals surface area contributed by atoms with Crippen LogP contribution in [0.3, 0.4) is 0 Å². The molecule has 0 aliphatic heterocycles. The number of aromatic nitrogens is 1. The summed E-state index contributed by atoms with van der Waals surface area (Å²) in [6, 6.07) is 14.2. The molecule has 0 amide bonds. The summed E-state index contributed by atoms with van der Waals surface area (Å²) < 4.78 is 6.08. The number of para-hydroxylation sites is 1. The minimum absolute atomic E-state index is 0. The minimum atomic E-state index is 0. The number of guanidine groups is 1. The van der Waals surface area contributed by atoms with Gasteiger partial charge < -0.3 is 15.4 Å². The van der Waals surface area contributed by atoms with Crippen molar-refractivity contribution in [1.29, 1.82) is 0 Å². The second kappa shape index (κ2) is 11.0. The number of ether oxygens (including phenoxy) is 1. The highest BCUT2D eigenvalue weighted by molar-refractivity contribution is 14.0. The van der Waals surface area contributed by atoms with E-state index in [-0.39, 0.29) is 24.0 Å². The van der Waals surface area contributed by atoms with Crippen molar-refractivity contribution in [3.63, 3.8) is 0 Å². The Labute approximate surface area is 172 Å². The largest absolute Gasteiger partial charge is 0.490 e. The number of hydrogen-bond acceptors (Lipinski definition) is 3. The maximum Gasteiger partial charge on any atom is 0.191 e. The van der Waals surface area contributed by atoms with Crippen molar-refractivity contribution in [2.45, 2.75) is 38.3 Å². The first kappa shape index (κ1) is 20.5. The predicted molar refractivity (Wildman–Crippen MR) is 116 cm³/mol. The van der Waals surface area contributed by atoms with Gasteiger partial charge in [-0.15, -0.1) is 24.0 Å². The van der Waals surface area contributed by atoms with Crippen LogP contribution in [0.25, 0.3) is 0 Å².